The quantitative estimate of drug-likeness (QED) is 0.828. The lowest BCUT2D eigenvalue weighted by Gasteiger charge is -2.31. The molecule has 0 unspecified atom stereocenters. The van der Waals surface area contributed by atoms with E-state index < -0.39 is 11.7 Å². The number of hydrogen-bond donors (Lipinski definition) is 0. The van der Waals surface area contributed by atoms with Gasteiger partial charge in [-0.05, 0) is 19.9 Å². The Morgan fingerprint density at radius 1 is 1.20 bits per heavy atom. The number of halogens is 3. The van der Waals surface area contributed by atoms with Gasteiger partial charge < -0.3 is 9.42 Å². The number of carbonyl (C=O) groups excluding carboxylic acids is 1. The summed E-state index contributed by atoms with van der Waals surface area (Å²) >= 11 is 0. The van der Waals surface area contributed by atoms with Crippen LogP contribution in [0.3, 0.4) is 0 Å². The monoisotopic (exact) mass is 355 g/mol. The van der Waals surface area contributed by atoms with Gasteiger partial charge in [0, 0.05) is 6.07 Å². The summed E-state index contributed by atoms with van der Waals surface area (Å²) in [5.74, 6) is 0.950. The Hall–Kier alpha value is -2.58. The molecule has 0 radical (unpaired) electrons. The Bertz CT molecular complexity index is 743. The molecule has 1 amide bonds. The Kier molecular flexibility index (Phi) is 4.40. The lowest BCUT2D eigenvalue weighted by atomic mass is 10.1. The number of nitrogens with one attached hydrogen (secondary N) is 1. The fraction of sp³-hybridized carbons (Fsp3) is 0.438. The maximum absolute atomic E-state index is 12.6. The number of aryl methyl sites for hydroxylation is 2. The van der Waals surface area contributed by atoms with Gasteiger partial charge in [0.15, 0.2) is 0 Å². The van der Waals surface area contributed by atoms with Gasteiger partial charge in [0.1, 0.15) is 30.6 Å². The van der Waals surface area contributed by atoms with Gasteiger partial charge in [-0.1, -0.05) is 5.16 Å². The highest BCUT2D eigenvalue weighted by molar-refractivity contribution is 5.96. The molecule has 0 aromatic carbocycles. The van der Waals surface area contributed by atoms with E-state index in [9.17, 15) is 18.0 Å². The van der Waals surface area contributed by atoms with E-state index in [1.165, 1.54) is 6.07 Å². The van der Waals surface area contributed by atoms with Gasteiger partial charge in [-0.2, -0.15) is 13.2 Å². The molecule has 0 bridgehead atoms. The molecule has 0 saturated carbocycles. The van der Waals surface area contributed by atoms with E-state index >= 15 is 0 Å². The molecule has 3 rings (SSSR count). The number of piperazine rings is 1. The summed E-state index contributed by atoms with van der Waals surface area (Å²) in [5, 5.41) is 3.79. The van der Waals surface area contributed by atoms with Crippen LogP contribution in [0.1, 0.15) is 27.4 Å². The number of pyridine rings is 1. The van der Waals surface area contributed by atoms with E-state index in [0.29, 0.717) is 49.0 Å². The van der Waals surface area contributed by atoms with Crippen LogP contribution in [0.25, 0.3) is 0 Å². The fourth-order valence-corrected chi connectivity index (χ4v) is 2.89. The lowest BCUT2D eigenvalue weighted by Crippen LogP contribution is -2.50. The molecule has 2 aromatic heterocycles. The minimum Gasteiger partial charge on any atom is -0.361 e. The number of alkyl halides is 3. The summed E-state index contributed by atoms with van der Waals surface area (Å²) in [6.07, 6.45) is -3.41. The predicted molar refractivity (Wildman–Crippen MR) is 82.1 cm³/mol. The van der Waals surface area contributed by atoms with Crippen molar-refractivity contribution in [3.63, 3.8) is 0 Å². The maximum atomic E-state index is 12.6. The maximum Gasteiger partial charge on any atom is 0.419 e. The molecule has 25 heavy (non-hydrogen) atoms. The highest BCUT2D eigenvalue weighted by atomic mass is 19.4. The second-order valence-electron chi connectivity index (χ2n) is 5.94. The van der Waals surface area contributed by atoms with E-state index in [4.69, 9.17) is 4.52 Å². The van der Waals surface area contributed by atoms with Crippen LogP contribution >= 0.6 is 0 Å². The smallest absolute Gasteiger partial charge is 0.361 e. The molecule has 134 valence electrons. The topological polar surface area (TPSA) is 63.7 Å². The largest absolute Gasteiger partial charge is 0.419 e. The normalized spacial score (nSPS) is 15.6. The van der Waals surface area contributed by atoms with Crippen LogP contribution in [0.2, 0.25) is 0 Å². The summed E-state index contributed by atoms with van der Waals surface area (Å²) in [7, 11) is 0. The van der Waals surface area contributed by atoms with Crippen LogP contribution in [-0.4, -0.2) is 42.1 Å². The van der Waals surface area contributed by atoms with Gasteiger partial charge in [0.05, 0.1) is 24.3 Å². The van der Waals surface area contributed by atoms with Crippen LogP contribution in [0.4, 0.5) is 19.0 Å². The Labute approximate surface area is 142 Å². The molecule has 1 saturated heterocycles. The van der Waals surface area contributed by atoms with Crippen molar-refractivity contribution in [2.24, 2.45) is 0 Å². The molecule has 1 aliphatic heterocycles. The third-order valence-electron chi connectivity index (χ3n) is 4.28. The number of aromatic nitrogens is 2. The number of H-pyrrole nitrogens is 1. The van der Waals surface area contributed by atoms with Crippen molar-refractivity contribution in [2.75, 3.05) is 31.1 Å². The zero-order chi connectivity index (χ0) is 18.2. The second kappa shape index (κ2) is 6.38. The first-order valence-corrected chi connectivity index (χ1v) is 7.83. The Balaban J connectivity index is 1.65. The molecule has 6 nitrogen and oxygen atoms in total. The predicted octanol–water partition coefficient (Wildman–Crippen LogP) is 2.09. The first-order chi connectivity index (χ1) is 11.8. The highest BCUT2D eigenvalue weighted by Gasteiger charge is 2.33. The summed E-state index contributed by atoms with van der Waals surface area (Å²) < 4.78 is 42.9. The van der Waals surface area contributed by atoms with Crippen LogP contribution in [-0.2, 0) is 6.18 Å². The van der Waals surface area contributed by atoms with E-state index in [1.807, 2.05) is 4.90 Å². The molecule has 2 aromatic rings. The third kappa shape index (κ3) is 3.45. The van der Waals surface area contributed by atoms with Crippen molar-refractivity contribution in [2.45, 2.75) is 20.0 Å². The Morgan fingerprint density at radius 3 is 2.36 bits per heavy atom. The number of aromatic amines is 1. The molecule has 1 fully saturated rings. The molecule has 0 atom stereocenters. The SMILES string of the molecule is Cc1noc(C)c1C(=O)N1CCN(c2ccc(C(F)(F)F)c[nH+]2)CC1. The first kappa shape index (κ1) is 17.2. The Morgan fingerprint density at radius 2 is 1.88 bits per heavy atom. The zero-order valence-corrected chi connectivity index (χ0v) is 13.9. The van der Waals surface area contributed by atoms with Gasteiger partial charge in [-0.15, -0.1) is 0 Å². The third-order valence-corrected chi connectivity index (χ3v) is 4.28. The number of anilines is 1. The van der Waals surface area contributed by atoms with Crippen LogP contribution in [0.5, 0.6) is 0 Å². The van der Waals surface area contributed by atoms with Crippen LogP contribution < -0.4 is 9.88 Å². The van der Waals surface area contributed by atoms with E-state index in [-0.39, 0.29) is 5.91 Å². The van der Waals surface area contributed by atoms with Crippen molar-refractivity contribution in [1.29, 1.82) is 0 Å². The molecule has 0 aliphatic carbocycles. The van der Waals surface area contributed by atoms with Gasteiger partial charge >= 0.3 is 6.18 Å². The van der Waals surface area contributed by atoms with Crippen molar-refractivity contribution in [3.8, 4) is 0 Å². The molecule has 3 heterocycles. The minimum absolute atomic E-state index is 0.132. The fourth-order valence-electron chi connectivity index (χ4n) is 2.89. The van der Waals surface area contributed by atoms with Crippen molar-refractivity contribution in [1.82, 2.24) is 10.1 Å². The summed E-state index contributed by atoms with van der Waals surface area (Å²) in [4.78, 5) is 18.9. The number of hydrogen-bond acceptors (Lipinski definition) is 4. The molecular formula is C16H18F3N4O2+. The number of rotatable bonds is 2. The van der Waals surface area contributed by atoms with Crippen LogP contribution in [0.15, 0.2) is 22.9 Å². The molecule has 1 N–H and O–H groups in total. The van der Waals surface area contributed by atoms with Gasteiger partial charge in [0.25, 0.3) is 11.7 Å². The van der Waals surface area contributed by atoms with E-state index in [2.05, 4.69) is 10.1 Å². The summed E-state index contributed by atoms with van der Waals surface area (Å²) in [5.41, 5.74) is 0.319. The molecule has 0 spiro atoms. The summed E-state index contributed by atoms with van der Waals surface area (Å²) in [6.45, 7) is 5.40. The highest BCUT2D eigenvalue weighted by Crippen LogP contribution is 2.28. The lowest BCUT2D eigenvalue weighted by molar-refractivity contribution is -0.367. The van der Waals surface area contributed by atoms with E-state index in [0.717, 1.165) is 12.3 Å². The average Bonchev–Trinajstić information content (AvgIpc) is 2.92. The van der Waals surface area contributed by atoms with Crippen LogP contribution in [0, 0.1) is 13.8 Å². The van der Waals surface area contributed by atoms with Gasteiger partial charge in [-0.3, -0.25) is 9.69 Å². The van der Waals surface area contributed by atoms with E-state index in [1.54, 1.807) is 18.7 Å². The van der Waals surface area contributed by atoms with Gasteiger partial charge in [-0.25, -0.2) is 4.98 Å². The second-order valence-corrected chi connectivity index (χ2v) is 5.94. The molecular weight excluding hydrogens is 337 g/mol. The van der Waals surface area contributed by atoms with Gasteiger partial charge in [0.2, 0.25) is 0 Å². The number of nitrogens with zero attached hydrogens (tertiary/aromatic N) is 3. The average molecular weight is 355 g/mol. The zero-order valence-electron chi connectivity index (χ0n) is 13.9. The van der Waals surface area contributed by atoms with Crippen molar-refractivity contribution >= 4 is 11.7 Å². The minimum atomic E-state index is -4.37. The number of amides is 1. The summed E-state index contributed by atoms with van der Waals surface area (Å²) in [6, 6.07) is 2.46. The number of carbonyl (C=O) groups is 1. The first-order valence-electron chi connectivity index (χ1n) is 7.83. The molecule has 9 heteroatoms. The van der Waals surface area contributed by atoms with Crippen molar-refractivity contribution in [3.05, 3.63) is 40.9 Å². The van der Waals surface area contributed by atoms with Crippen molar-refractivity contribution < 1.29 is 27.5 Å². The standard InChI is InChI=1S/C16H17F3N4O2/c1-10-14(11(2)25-21-10)15(24)23-7-5-22(6-8-23)13-4-3-12(9-20-13)16(17,18)19/h3-4,9H,5-8H2,1-2H3/p+1. The molecule has 1 aliphatic rings.